The maximum atomic E-state index is 13.3. The maximum Gasteiger partial charge on any atom is 0.338 e. The maximum absolute atomic E-state index is 13.3. The van der Waals surface area contributed by atoms with E-state index in [9.17, 15) is 14.7 Å². The molecule has 4 N–H and O–H groups in total. The monoisotopic (exact) mass is 755 g/mol. The fraction of sp³-hybridized carbons (Fsp3) is 0.361. The number of guanidine groups is 1. The van der Waals surface area contributed by atoms with E-state index in [1.165, 1.54) is 0 Å². The lowest BCUT2D eigenvalue weighted by atomic mass is 9.88. The summed E-state index contributed by atoms with van der Waals surface area (Å²) in [6.07, 6.45) is -2.36. The van der Waals surface area contributed by atoms with Gasteiger partial charge >= 0.3 is 5.97 Å². The van der Waals surface area contributed by atoms with E-state index in [0.29, 0.717) is 11.4 Å². The number of rotatable bonds is 7. The van der Waals surface area contributed by atoms with Crippen LogP contribution in [-0.4, -0.2) is 83.1 Å². The third kappa shape index (κ3) is 6.40. The van der Waals surface area contributed by atoms with E-state index in [1.807, 2.05) is 43.3 Å². The summed E-state index contributed by atoms with van der Waals surface area (Å²) in [7, 11) is -3.04. The Balaban J connectivity index is 1.41. The number of aliphatic hydroxyl groups excluding tert-OH is 1. The Kier molecular flexibility index (Phi) is 9.79. The van der Waals surface area contributed by atoms with Gasteiger partial charge in [-0.2, -0.15) is 0 Å². The molecule has 2 fully saturated rings. The Bertz CT molecular complexity index is 1750. The molecule has 0 aliphatic carbocycles. The van der Waals surface area contributed by atoms with E-state index in [-0.39, 0.29) is 24.1 Å². The van der Waals surface area contributed by atoms with Gasteiger partial charge in [-0.1, -0.05) is 141 Å². The number of nitrogens with one attached hydrogen (secondary N) is 3. The topological polar surface area (TPSA) is 125 Å². The molecule has 6 rings (SSSR count). The van der Waals surface area contributed by atoms with Crippen LogP contribution in [0.1, 0.15) is 36.7 Å². The summed E-state index contributed by atoms with van der Waals surface area (Å²) in [4.78, 5) is 33.0. The molecule has 0 saturated carbocycles. The van der Waals surface area contributed by atoms with Gasteiger partial charge in [-0.25, -0.2) is 9.79 Å². The number of alkyl halides is 3. The second-order valence-electron chi connectivity index (χ2n) is 13.9. The quantitative estimate of drug-likeness (QED) is 0.164. The molecule has 0 radical (unpaired) electrons. The van der Waals surface area contributed by atoms with E-state index in [0.717, 1.165) is 15.9 Å². The number of aliphatic hydroxyl groups is 1. The summed E-state index contributed by atoms with van der Waals surface area (Å²) in [5.41, 5.74) is -0.0660. The molecule has 5 atom stereocenters. The first kappa shape index (κ1) is 36.2. The Morgan fingerprint density at radius 3 is 2.14 bits per heavy atom. The SMILES string of the molecule is C=C1N[C@H]2[C@H](CO[Si](c3ccccc3)(c3ccccc3)C(C)(C)C)N=C(NC(=O)C(Cl)(Cl)Cl)N3CC(OC(=O)c4ccc(C)cc4)[C@H](O)C23N1. The van der Waals surface area contributed by atoms with Gasteiger partial charge in [0.15, 0.2) is 5.66 Å². The predicted octanol–water partition coefficient (Wildman–Crippen LogP) is 3.73. The summed E-state index contributed by atoms with van der Waals surface area (Å²) in [6.45, 7) is 12.6. The van der Waals surface area contributed by atoms with Crippen molar-refractivity contribution in [1.29, 1.82) is 0 Å². The summed E-state index contributed by atoms with van der Waals surface area (Å²) < 4.78 is 10.9. The first-order chi connectivity index (χ1) is 23.6. The highest BCUT2D eigenvalue weighted by Crippen LogP contribution is 2.43. The molecule has 2 unspecified atom stereocenters. The Labute approximate surface area is 307 Å². The number of aryl methyl sites for hydroxylation is 1. The van der Waals surface area contributed by atoms with Crippen molar-refractivity contribution < 1.29 is 23.9 Å². The zero-order chi connectivity index (χ0) is 36.1. The number of amides is 1. The van der Waals surface area contributed by atoms with Crippen LogP contribution in [-0.2, 0) is 14.0 Å². The average Bonchev–Trinajstić information content (AvgIpc) is 3.56. The van der Waals surface area contributed by atoms with Crippen LogP contribution in [0.15, 0.2) is 102 Å². The Hall–Kier alpha value is -3.58. The van der Waals surface area contributed by atoms with Crippen LogP contribution >= 0.6 is 34.8 Å². The smallest absolute Gasteiger partial charge is 0.338 e. The van der Waals surface area contributed by atoms with Crippen LogP contribution in [0, 0.1) is 6.92 Å². The summed E-state index contributed by atoms with van der Waals surface area (Å²) in [5, 5.41) is 23.2. The lowest BCUT2D eigenvalue weighted by molar-refractivity contribution is -0.119. The number of esters is 1. The number of ether oxygens (including phenoxy) is 1. The second-order valence-corrected chi connectivity index (χ2v) is 20.4. The van der Waals surface area contributed by atoms with Crippen molar-refractivity contribution in [2.45, 2.75) is 66.5 Å². The van der Waals surface area contributed by atoms with Gasteiger partial charge in [0.2, 0.25) is 5.96 Å². The van der Waals surface area contributed by atoms with Gasteiger partial charge in [0.05, 0.1) is 30.6 Å². The molecule has 3 heterocycles. The molecule has 10 nitrogen and oxygen atoms in total. The van der Waals surface area contributed by atoms with E-state index in [2.05, 4.69) is 67.6 Å². The Morgan fingerprint density at radius 1 is 1.02 bits per heavy atom. The zero-order valence-corrected chi connectivity index (χ0v) is 31.4. The van der Waals surface area contributed by atoms with E-state index in [1.54, 1.807) is 29.2 Å². The molecule has 264 valence electrons. The van der Waals surface area contributed by atoms with Crippen LogP contribution < -0.4 is 26.3 Å². The van der Waals surface area contributed by atoms with Crippen LogP contribution in [0.4, 0.5) is 0 Å². The highest BCUT2D eigenvalue weighted by atomic mass is 35.6. The van der Waals surface area contributed by atoms with Gasteiger partial charge in [-0.3, -0.25) is 10.1 Å². The van der Waals surface area contributed by atoms with Crippen LogP contribution in [0.2, 0.25) is 5.04 Å². The van der Waals surface area contributed by atoms with Crippen LogP contribution in [0.3, 0.4) is 0 Å². The first-order valence-electron chi connectivity index (χ1n) is 16.3. The van der Waals surface area contributed by atoms with Gasteiger partial charge < -0.3 is 29.8 Å². The largest absolute Gasteiger partial charge is 0.454 e. The number of benzene rings is 3. The second kappa shape index (κ2) is 13.5. The lowest BCUT2D eigenvalue weighted by Crippen LogP contribution is -2.74. The summed E-state index contributed by atoms with van der Waals surface area (Å²) in [5.74, 6) is -1.13. The van der Waals surface area contributed by atoms with E-state index < -0.39 is 53.9 Å². The van der Waals surface area contributed by atoms with Gasteiger partial charge in [-0.05, 0) is 34.5 Å². The van der Waals surface area contributed by atoms with Gasteiger partial charge in [0, 0.05) is 0 Å². The zero-order valence-electron chi connectivity index (χ0n) is 28.1. The minimum atomic E-state index is -3.04. The number of carbonyl (C=O) groups is 2. The van der Waals surface area contributed by atoms with Crippen molar-refractivity contribution in [3.63, 3.8) is 0 Å². The fourth-order valence-corrected chi connectivity index (χ4v) is 12.1. The standard InChI is InChI=1S/C36H40Cl3N5O5Si/c1-22-16-18-24(19-17-22)31(46)49-28-20-44-33(42-32(47)36(37,38)39)41-27(29-35(44,30(28)45)43-23(2)40-29)21-48-50(34(3,4)5,25-12-8-6-9-13-25)26-14-10-7-11-15-26/h6-19,27-30,40,43,45H,2,20-21H2,1,3-5H3,(H,41,42,47)/t27-,28?,29-,30-,35?/m0/s1. The molecule has 0 aromatic heterocycles. The van der Waals surface area contributed by atoms with Gasteiger partial charge in [-0.15, -0.1) is 0 Å². The third-order valence-electron chi connectivity index (χ3n) is 9.61. The third-order valence-corrected chi connectivity index (χ3v) is 15.1. The highest BCUT2D eigenvalue weighted by Gasteiger charge is 2.67. The van der Waals surface area contributed by atoms with Gasteiger partial charge in [0.1, 0.15) is 18.2 Å². The van der Waals surface area contributed by atoms with Crippen molar-refractivity contribution in [3.8, 4) is 0 Å². The van der Waals surface area contributed by atoms with Gasteiger partial charge in [0.25, 0.3) is 18.0 Å². The molecule has 1 amide bonds. The molecule has 2 saturated heterocycles. The van der Waals surface area contributed by atoms with Crippen molar-refractivity contribution in [3.05, 3.63) is 108 Å². The number of nitrogens with zero attached hydrogens (tertiary/aromatic N) is 2. The molecular weight excluding hydrogens is 717 g/mol. The fourth-order valence-electron chi connectivity index (χ4n) is 7.35. The molecule has 3 aliphatic heterocycles. The molecule has 3 aromatic carbocycles. The average molecular weight is 757 g/mol. The summed E-state index contributed by atoms with van der Waals surface area (Å²) in [6, 6.07) is 25.9. The highest BCUT2D eigenvalue weighted by molar-refractivity contribution is 6.99. The number of carbonyl (C=O) groups excluding carboxylic acids is 2. The molecular formula is C36H40Cl3N5O5Si. The van der Waals surface area contributed by atoms with Crippen molar-refractivity contribution >= 4 is 71.3 Å². The molecule has 14 heteroatoms. The first-order valence-corrected chi connectivity index (χ1v) is 19.3. The number of hydrogen-bond donors (Lipinski definition) is 4. The van der Waals surface area contributed by atoms with Crippen molar-refractivity contribution in [2.24, 2.45) is 4.99 Å². The summed E-state index contributed by atoms with van der Waals surface area (Å²) >= 11 is 18.0. The normalized spacial score (nSPS) is 24.8. The molecule has 3 aromatic rings. The van der Waals surface area contributed by atoms with Crippen LogP contribution in [0.25, 0.3) is 0 Å². The van der Waals surface area contributed by atoms with Crippen molar-refractivity contribution in [1.82, 2.24) is 20.9 Å². The van der Waals surface area contributed by atoms with Crippen molar-refractivity contribution in [2.75, 3.05) is 13.2 Å². The minimum absolute atomic E-state index is 0.0190. The molecule has 50 heavy (non-hydrogen) atoms. The van der Waals surface area contributed by atoms with E-state index >= 15 is 0 Å². The minimum Gasteiger partial charge on any atom is -0.454 e. The number of aliphatic imine (C=N–C) groups is 1. The lowest BCUT2D eigenvalue weighted by Gasteiger charge is -2.48. The number of halogens is 3. The van der Waals surface area contributed by atoms with Crippen LogP contribution in [0.5, 0.6) is 0 Å². The predicted molar refractivity (Wildman–Crippen MR) is 198 cm³/mol. The molecule has 0 bridgehead atoms. The number of hydrogen-bond acceptors (Lipinski definition) is 9. The Morgan fingerprint density at radius 2 is 1.60 bits per heavy atom. The molecule has 1 spiro atoms. The molecule has 3 aliphatic rings. The van der Waals surface area contributed by atoms with E-state index in [4.69, 9.17) is 49.0 Å².